The number of carbonyl (C=O) groups excluding carboxylic acids is 1. The zero-order chi connectivity index (χ0) is 13.9. The van der Waals surface area contributed by atoms with Crippen LogP contribution in [0.25, 0.3) is 0 Å². The normalized spacial score (nSPS) is 24.2. The van der Waals surface area contributed by atoms with E-state index >= 15 is 0 Å². The zero-order valence-corrected chi connectivity index (χ0v) is 11.9. The first-order chi connectivity index (χ1) is 9.72. The molecule has 1 aromatic heterocycles. The van der Waals surface area contributed by atoms with E-state index in [0.717, 1.165) is 63.6 Å². The smallest absolute Gasteiger partial charge is 0.251 e. The minimum atomic E-state index is -0.195. The number of nitrogens with zero attached hydrogens (tertiary/aromatic N) is 3. The van der Waals surface area contributed by atoms with E-state index in [0.29, 0.717) is 0 Å². The monoisotopic (exact) mass is 279 g/mol. The van der Waals surface area contributed by atoms with E-state index in [1.165, 1.54) is 0 Å². The Morgan fingerprint density at radius 1 is 1.40 bits per heavy atom. The summed E-state index contributed by atoms with van der Waals surface area (Å²) in [5.74, 6) is 1.01. The van der Waals surface area contributed by atoms with Crippen LogP contribution in [0.15, 0.2) is 10.6 Å². The molecule has 6 nitrogen and oxygen atoms in total. The summed E-state index contributed by atoms with van der Waals surface area (Å²) in [6.45, 7) is 6.72. The van der Waals surface area contributed by atoms with E-state index in [1.54, 1.807) is 0 Å². The van der Waals surface area contributed by atoms with Crippen molar-refractivity contribution in [2.45, 2.75) is 32.4 Å². The van der Waals surface area contributed by atoms with Crippen molar-refractivity contribution in [3.8, 4) is 0 Å². The molecule has 1 aromatic rings. The molecule has 20 heavy (non-hydrogen) atoms. The highest BCUT2D eigenvalue weighted by Crippen LogP contribution is 2.16. The van der Waals surface area contributed by atoms with E-state index in [2.05, 4.69) is 10.1 Å². The predicted octanol–water partition coefficient (Wildman–Crippen LogP) is 0.806. The number of ether oxygens (including phenoxy) is 1. The van der Waals surface area contributed by atoms with Gasteiger partial charge in [-0.05, 0) is 19.8 Å². The molecule has 110 valence electrons. The highest BCUT2D eigenvalue weighted by molar-refractivity contribution is 5.81. The SMILES string of the molecule is Cc1cc(CN2CCN(C(=O)C3CCCO3)CC2)no1. The lowest BCUT2D eigenvalue weighted by atomic mass is 10.2. The molecule has 3 heterocycles. The average molecular weight is 279 g/mol. The topological polar surface area (TPSA) is 58.8 Å². The molecule has 2 saturated heterocycles. The first-order valence-electron chi connectivity index (χ1n) is 7.27. The molecule has 2 aliphatic heterocycles. The van der Waals surface area contributed by atoms with Crippen LogP contribution in [0, 0.1) is 6.92 Å². The van der Waals surface area contributed by atoms with Crippen LogP contribution in [-0.2, 0) is 16.1 Å². The van der Waals surface area contributed by atoms with E-state index in [-0.39, 0.29) is 12.0 Å². The molecular formula is C14H21N3O3. The Kier molecular flexibility index (Phi) is 4.03. The molecule has 3 rings (SSSR count). The molecule has 0 aliphatic carbocycles. The fraction of sp³-hybridized carbons (Fsp3) is 0.714. The molecule has 0 bridgehead atoms. The van der Waals surface area contributed by atoms with Gasteiger partial charge in [-0.15, -0.1) is 0 Å². The fourth-order valence-electron chi connectivity index (χ4n) is 2.82. The average Bonchev–Trinajstić information content (AvgIpc) is 3.11. The molecule has 6 heteroatoms. The second-order valence-corrected chi connectivity index (χ2v) is 5.53. The Labute approximate surface area is 118 Å². The second kappa shape index (κ2) is 5.93. The minimum absolute atomic E-state index is 0.166. The molecule has 1 atom stereocenters. The Balaban J connectivity index is 1.48. The van der Waals surface area contributed by atoms with Gasteiger partial charge in [0.25, 0.3) is 5.91 Å². The maximum Gasteiger partial charge on any atom is 0.251 e. The van der Waals surface area contributed by atoms with Gasteiger partial charge in [-0.1, -0.05) is 5.16 Å². The number of piperazine rings is 1. The largest absolute Gasteiger partial charge is 0.368 e. The summed E-state index contributed by atoms with van der Waals surface area (Å²) in [5, 5.41) is 4.01. The molecule has 0 N–H and O–H groups in total. The number of aromatic nitrogens is 1. The Bertz CT molecular complexity index is 460. The summed E-state index contributed by atoms with van der Waals surface area (Å²) in [7, 11) is 0. The van der Waals surface area contributed by atoms with Gasteiger partial charge < -0.3 is 14.2 Å². The van der Waals surface area contributed by atoms with E-state index in [4.69, 9.17) is 9.26 Å². The van der Waals surface area contributed by atoms with E-state index in [1.807, 2.05) is 17.9 Å². The lowest BCUT2D eigenvalue weighted by Crippen LogP contribution is -2.51. The molecule has 2 aliphatic rings. The van der Waals surface area contributed by atoms with Crippen LogP contribution in [0.4, 0.5) is 0 Å². The molecule has 1 amide bonds. The standard InChI is InChI=1S/C14H21N3O3/c1-11-9-12(15-20-11)10-16-4-6-17(7-5-16)14(18)13-3-2-8-19-13/h9,13H,2-8,10H2,1H3. The Morgan fingerprint density at radius 3 is 2.80 bits per heavy atom. The first-order valence-corrected chi connectivity index (χ1v) is 7.27. The number of hydrogen-bond donors (Lipinski definition) is 0. The molecule has 2 fully saturated rings. The van der Waals surface area contributed by atoms with Gasteiger partial charge >= 0.3 is 0 Å². The third-order valence-corrected chi connectivity index (χ3v) is 3.95. The molecule has 1 unspecified atom stereocenters. The van der Waals surface area contributed by atoms with Gasteiger partial charge in [0, 0.05) is 45.4 Å². The number of aryl methyl sites for hydroxylation is 1. The van der Waals surface area contributed by atoms with Crippen LogP contribution in [-0.4, -0.2) is 59.8 Å². The van der Waals surface area contributed by atoms with Crippen LogP contribution >= 0.6 is 0 Å². The van der Waals surface area contributed by atoms with Gasteiger partial charge in [0.15, 0.2) is 0 Å². The summed E-state index contributed by atoms with van der Waals surface area (Å²) >= 11 is 0. The number of rotatable bonds is 3. The van der Waals surface area contributed by atoms with Crippen molar-refractivity contribution in [2.75, 3.05) is 32.8 Å². The van der Waals surface area contributed by atoms with Gasteiger partial charge in [0.2, 0.25) is 0 Å². The third kappa shape index (κ3) is 3.02. The quantitative estimate of drug-likeness (QED) is 0.819. The van der Waals surface area contributed by atoms with Crippen molar-refractivity contribution in [3.05, 3.63) is 17.5 Å². The Hall–Kier alpha value is -1.40. The van der Waals surface area contributed by atoms with Crippen molar-refractivity contribution < 1.29 is 14.1 Å². The summed E-state index contributed by atoms with van der Waals surface area (Å²) in [6.07, 6.45) is 1.68. The van der Waals surface area contributed by atoms with E-state index < -0.39 is 0 Å². The highest BCUT2D eigenvalue weighted by Gasteiger charge is 2.30. The minimum Gasteiger partial charge on any atom is -0.368 e. The summed E-state index contributed by atoms with van der Waals surface area (Å²) in [4.78, 5) is 16.5. The van der Waals surface area contributed by atoms with Crippen molar-refractivity contribution in [3.63, 3.8) is 0 Å². The molecule has 0 spiro atoms. The van der Waals surface area contributed by atoms with Crippen LogP contribution in [0.1, 0.15) is 24.3 Å². The van der Waals surface area contributed by atoms with Gasteiger partial charge in [0.05, 0.1) is 5.69 Å². The molecule has 0 aromatic carbocycles. The van der Waals surface area contributed by atoms with Crippen molar-refractivity contribution >= 4 is 5.91 Å². The Morgan fingerprint density at radius 2 is 2.20 bits per heavy atom. The molecule has 0 saturated carbocycles. The van der Waals surface area contributed by atoms with Crippen LogP contribution in [0.2, 0.25) is 0 Å². The number of carbonyl (C=O) groups is 1. The number of hydrogen-bond acceptors (Lipinski definition) is 5. The second-order valence-electron chi connectivity index (χ2n) is 5.53. The maximum absolute atomic E-state index is 12.2. The van der Waals surface area contributed by atoms with Crippen LogP contribution < -0.4 is 0 Å². The lowest BCUT2D eigenvalue weighted by Gasteiger charge is -2.35. The highest BCUT2D eigenvalue weighted by atomic mass is 16.5. The lowest BCUT2D eigenvalue weighted by molar-refractivity contribution is -0.142. The van der Waals surface area contributed by atoms with Crippen LogP contribution in [0.5, 0.6) is 0 Å². The van der Waals surface area contributed by atoms with Gasteiger partial charge in [-0.2, -0.15) is 0 Å². The van der Waals surface area contributed by atoms with Crippen molar-refractivity contribution in [2.24, 2.45) is 0 Å². The predicted molar refractivity (Wildman–Crippen MR) is 72.1 cm³/mol. The van der Waals surface area contributed by atoms with Gasteiger partial charge in [-0.3, -0.25) is 9.69 Å². The van der Waals surface area contributed by atoms with E-state index in [9.17, 15) is 4.79 Å². The van der Waals surface area contributed by atoms with Crippen molar-refractivity contribution in [1.82, 2.24) is 15.0 Å². The van der Waals surface area contributed by atoms with Crippen molar-refractivity contribution in [1.29, 1.82) is 0 Å². The van der Waals surface area contributed by atoms with Crippen LogP contribution in [0.3, 0.4) is 0 Å². The zero-order valence-electron chi connectivity index (χ0n) is 11.9. The summed E-state index contributed by atoms with van der Waals surface area (Å²) in [5.41, 5.74) is 0.960. The van der Waals surface area contributed by atoms with Gasteiger partial charge in [0.1, 0.15) is 11.9 Å². The maximum atomic E-state index is 12.2. The molecule has 0 radical (unpaired) electrons. The summed E-state index contributed by atoms with van der Waals surface area (Å²) in [6, 6.07) is 1.96. The molecular weight excluding hydrogens is 258 g/mol. The summed E-state index contributed by atoms with van der Waals surface area (Å²) < 4.78 is 10.5. The fourth-order valence-corrected chi connectivity index (χ4v) is 2.82. The first kappa shape index (κ1) is 13.6. The van der Waals surface area contributed by atoms with Gasteiger partial charge in [-0.25, -0.2) is 0 Å². The number of amides is 1. The third-order valence-electron chi connectivity index (χ3n) is 3.95.